The number of amides is 1. The van der Waals surface area contributed by atoms with Crippen LogP contribution in [0.1, 0.15) is 37.7 Å². The number of halogens is 3. The normalized spacial score (nSPS) is 25.4. The number of pyridine rings is 1. The highest BCUT2D eigenvalue weighted by Gasteiger charge is 2.49. The summed E-state index contributed by atoms with van der Waals surface area (Å²) in [7, 11) is 0. The van der Waals surface area contributed by atoms with Crippen LogP contribution in [0.4, 0.5) is 19.0 Å². The number of aromatic nitrogens is 3. The molecule has 0 spiro atoms. The second-order valence-electron chi connectivity index (χ2n) is 13.0. The standard InChI is InChI=1S/C35H32F3N7O2/c1-2-24-27(37)10-7-20-5-3-6-25(29(20)24)31-30(38)32-26(15-40-31)33(43-17-22-8-9-23(18-43)45(22)28(46)14-39)42-34(41-32)47-19-35-11-4-12-44(35)16-21(36)13-35/h1,3,5-7,10,14-15,21-23,39H,4,8-9,11-13,16-19H2. The number of hydrogen-bond acceptors (Lipinski definition) is 8. The summed E-state index contributed by atoms with van der Waals surface area (Å²) in [6.07, 6.45) is 10.8. The monoisotopic (exact) mass is 639 g/mol. The van der Waals surface area contributed by atoms with Gasteiger partial charge in [0.05, 0.1) is 34.8 Å². The van der Waals surface area contributed by atoms with Crippen LogP contribution in [0.15, 0.2) is 36.5 Å². The maximum Gasteiger partial charge on any atom is 0.319 e. The molecule has 4 atom stereocenters. The maximum atomic E-state index is 16.8. The lowest BCUT2D eigenvalue weighted by Gasteiger charge is -2.41. The first-order chi connectivity index (χ1) is 22.8. The van der Waals surface area contributed by atoms with E-state index in [9.17, 15) is 13.6 Å². The summed E-state index contributed by atoms with van der Waals surface area (Å²) in [4.78, 5) is 32.3. The SMILES string of the molecule is C#Cc1c(F)ccc2cccc(-c3ncc4c(N5CC6CCC(C5)N6C(=O)C=N)nc(OCC56CCCN5CC(F)C6)nc4c3F)c12. The first kappa shape index (κ1) is 29.6. The lowest BCUT2D eigenvalue weighted by Crippen LogP contribution is -2.56. The van der Waals surface area contributed by atoms with E-state index in [0.29, 0.717) is 53.6 Å². The molecule has 4 unspecified atom stereocenters. The smallest absolute Gasteiger partial charge is 0.319 e. The second kappa shape index (κ2) is 11.2. The summed E-state index contributed by atoms with van der Waals surface area (Å²) in [5, 5.41) is 8.88. The van der Waals surface area contributed by atoms with Crippen LogP contribution in [0.5, 0.6) is 6.01 Å². The van der Waals surface area contributed by atoms with E-state index in [2.05, 4.69) is 20.8 Å². The summed E-state index contributed by atoms with van der Waals surface area (Å²) >= 11 is 0. The average Bonchev–Trinajstić information content (AvgIpc) is 3.69. The number of ether oxygens (including phenoxy) is 1. The van der Waals surface area contributed by atoms with E-state index in [1.165, 1.54) is 12.3 Å². The molecule has 47 heavy (non-hydrogen) atoms. The highest BCUT2D eigenvalue weighted by molar-refractivity contribution is 6.25. The van der Waals surface area contributed by atoms with Crippen LogP contribution in [0, 0.1) is 29.4 Å². The summed E-state index contributed by atoms with van der Waals surface area (Å²) < 4.78 is 52.4. The number of alkyl halides is 1. The largest absolute Gasteiger partial charge is 0.461 e. The van der Waals surface area contributed by atoms with Gasteiger partial charge in [0, 0.05) is 43.2 Å². The molecule has 9 nitrogen and oxygen atoms in total. The van der Waals surface area contributed by atoms with Crippen LogP contribution in [0.2, 0.25) is 0 Å². The van der Waals surface area contributed by atoms with Crippen molar-refractivity contribution in [2.45, 2.75) is 55.9 Å². The first-order valence-electron chi connectivity index (χ1n) is 15.9. The van der Waals surface area contributed by atoms with Gasteiger partial charge in [0.2, 0.25) is 0 Å². The van der Waals surface area contributed by atoms with Gasteiger partial charge in [-0.1, -0.05) is 30.2 Å². The topological polar surface area (TPSA) is 98.5 Å². The molecule has 2 aromatic carbocycles. The number of rotatable bonds is 6. The van der Waals surface area contributed by atoms with Gasteiger partial charge in [-0.25, -0.2) is 13.2 Å². The number of benzene rings is 2. The third-order valence-corrected chi connectivity index (χ3v) is 10.4. The summed E-state index contributed by atoms with van der Waals surface area (Å²) in [5.74, 6) is 1.18. The zero-order valence-corrected chi connectivity index (χ0v) is 25.6. The summed E-state index contributed by atoms with van der Waals surface area (Å²) in [6, 6.07) is 7.74. The number of terminal acetylenes is 1. The van der Waals surface area contributed by atoms with E-state index in [0.717, 1.165) is 38.4 Å². The molecule has 12 heteroatoms. The molecule has 4 saturated heterocycles. The molecule has 4 aliphatic heterocycles. The van der Waals surface area contributed by atoms with Gasteiger partial charge in [-0.05, 0) is 43.7 Å². The minimum Gasteiger partial charge on any atom is -0.461 e. The second-order valence-corrected chi connectivity index (χ2v) is 13.0. The van der Waals surface area contributed by atoms with Gasteiger partial charge in [0.15, 0.2) is 5.82 Å². The van der Waals surface area contributed by atoms with Crippen LogP contribution >= 0.6 is 0 Å². The number of fused-ring (bicyclic) bond motifs is 5. The fourth-order valence-electron chi connectivity index (χ4n) is 8.37. The predicted molar refractivity (Wildman–Crippen MR) is 171 cm³/mol. The molecule has 4 aliphatic rings. The number of carbonyl (C=O) groups is 1. The highest BCUT2D eigenvalue weighted by atomic mass is 19.1. The highest BCUT2D eigenvalue weighted by Crippen LogP contribution is 2.42. The Bertz CT molecular complexity index is 1990. The van der Waals surface area contributed by atoms with Gasteiger partial charge < -0.3 is 19.9 Å². The quantitative estimate of drug-likeness (QED) is 0.237. The van der Waals surface area contributed by atoms with Crippen LogP contribution in [-0.4, -0.2) is 93.5 Å². The van der Waals surface area contributed by atoms with Crippen molar-refractivity contribution in [2.75, 3.05) is 37.7 Å². The lowest BCUT2D eigenvalue weighted by molar-refractivity contribution is -0.126. The number of nitrogens with one attached hydrogen (secondary N) is 1. The van der Waals surface area contributed by atoms with Crippen molar-refractivity contribution in [2.24, 2.45) is 0 Å². The number of carbonyl (C=O) groups excluding carboxylic acids is 1. The number of piperazine rings is 1. The Morgan fingerprint density at radius 2 is 1.96 bits per heavy atom. The molecule has 0 radical (unpaired) electrons. The minimum atomic E-state index is -0.938. The third-order valence-electron chi connectivity index (χ3n) is 10.4. The number of nitrogens with zero attached hydrogens (tertiary/aromatic N) is 6. The van der Waals surface area contributed by atoms with Gasteiger partial charge >= 0.3 is 6.01 Å². The van der Waals surface area contributed by atoms with Crippen molar-refractivity contribution >= 4 is 39.6 Å². The Morgan fingerprint density at radius 3 is 2.72 bits per heavy atom. The number of hydrogen-bond donors (Lipinski definition) is 1. The van der Waals surface area contributed by atoms with Crippen molar-refractivity contribution in [1.29, 1.82) is 5.41 Å². The van der Waals surface area contributed by atoms with E-state index in [1.54, 1.807) is 29.2 Å². The lowest BCUT2D eigenvalue weighted by atomic mass is 9.95. The van der Waals surface area contributed by atoms with Crippen LogP contribution in [0.3, 0.4) is 0 Å². The molecular formula is C35H32F3N7O2. The fraction of sp³-hybridized carbons (Fsp3) is 0.400. The number of anilines is 1. The minimum absolute atomic E-state index is 0.0164. The Morgan fingerprint density at radius 1 is 1.15 bits per heavy atom. The molecule has 2 bridgehead atoms. The Hall–Kier alpha value is -4.76. The molecule has 4 fully saturated rings. The van der Waals surface area contributed by atoms with Crippen molar-refractivity contribution in [3.8, 4) is 29.6 Å². The molecule has 0 saturated carbocycles. The molecule has 1 N–H and O–H groups in total. The fourth-order valence-corrected chi connectivity index (χ4v) is 8.37. The molecule has 8 rings (SSSR count). The van der Waals surface area contributed by atoms with Crippen molar-refractivity contribution in [1.82, 2.24) is 24.8 Å². The molecule has 0 aliphatic carbocycles. The first-order valence-corrected chi connectivity index (χ1v) is 15.9. The van der Waals surface area contributed by atoms with E-state index >= 15 is 4.39 Å². The van der Waals surface area contributed by atoms with Crippen molar-refractivity contribution in [3.63, 3.8) is 0 Å². The average molecular weight is 640 g/mol. The van der Waals surface area contributed by atoms with E-state index in [-0.39, 0.29) is 47.4 Å². The van der Waals surface area contributed by atoms with Crippen molar-refractivity contribution in [3.05, 3.63) is 53.7 Å². The zero-order valence-electron chi connectivity index (χ0n) is 25.6. The third kappa shape index (κ3) is 4.70. The Labute approximate surface area is 269 Å². The van der Waals surface area contributed by atoms with Gasteiger partial charge in [0.25, 0.3) is 5.91 Å². The molecular weight excluding hydrogens is 607 g/mol. The van der Waals surface area contributed by atoms with E-state index in [1.807, 2.05) is 4.90 Å². The van der Waals surface area contributed by atoms with Crippen LogP contribution in [0.25, 0.3) is 32.9 Å². The molecule has 6 heterocycles. The van der Waals surface area contributed by atoms with Crippen LogP contribution in [-0.2, 0) is 4.79 Å². The van der Waals surface area contributed by atoms with Gasteiger partial charge in [-0.15, -0.1) is 6.42 Å². The Balaban J connectivity index is 1.25. The van der Waals surface area contributed by atoms with E-state index < -0.39 is 23.3 Å². The Kier molecular flexibility index (Phi) is 7.06. The molecule has 1 amide bonds. The van der Waals surface area contributed by atoms with Gasteiger partial charge in [-0.2, -0.15) is 9.97 Å². The molecule has 2 aromatic heterocycles. The molecule has 240 valence electrons. The maximum absolute atomic E-state index is 16.8. The molecule has 4 aromatic rings. The van der Waals surface area contributed by atoms with Crippen molar-refractivity contribution < 1.29 is 22.7 Å². The van der Waals surface area contributed by atoms with E-state index in [4.69, 9.17) is 21.6 Å². The van der Waals surface area contributed by atoms with Crippen LogP contribution < -0.4 is 9.64 Å². The van der Waals surface area contributed by atoms with Gasteiger partial charge in [0.1, 0.15) is 35.6 Å². The predicted octanol–water partition coefficient (Wildman–Crippen LogP) is 4.89. The summed E-state index contributed by atoms with van der Waals surface area (Å²) in [5.41, 5.74) is -0.182. The van der Waals surface area contributed by atoms with Gasteiger partial charge in [-0.3, -0.25) is 14.7 Å². The zero-order chi connectivity index (χ0) is 32.4. The summed E-state index contributed by atoms with van der Waals surface area (Å²) in [6.45, 7) is 2.19.